The van der Waals surface area contributed by atoms with Gasteiger partial charge in [-0.1, -0.05) is 12.1 Å². The van der Waals surface area contributed by atoms with Crippen molar-refractivity contribution >= 4 is 11.6 Å². The summed E-state index contributed by atoms with van der Waals surface area (Å²) >= 11 is 0. The van der Waals surface area contributed by atoms with Crippen LogP contribution in [-0.2, 0) is 11.2 Å². The van der Waals surface area contributed by atoms with E-state index >= 15 is 0 Å². The van der Waals surface area contributed by atoms with E-state index in [2.05, 4.69) is 11.4 Å². The summed E-state index contributed by atoms with van der Waals surface area (Å²) in [5.74, 6) is 0.969. The number of aliphatic hydroxyl groups is 1. The van der Waals surface area contributed by atoms with Gasteiger partial charge in [0.1, 0.15) is 17.1 Å². The molecule has 1 aliphatic rings. The highest BCUT2D eigenvalue weighted by molar-refractivity contribution is 5.97. The fourth-order valence-electron chi connectivity index (χ4n) is 2.50. The number of amides is 1. The van der Waals surface area contributed by atoms with Gasteiger partial charge in [-0.2, -0.15) is 5.26 Å². The first-order valence-corrected chi connectivity index (χ1v) is 7.87. The standard InChI is InChI=1S/C19H18N2O3/c20-13-10-14-2-6-16(7-3-14)24-17-8-4-15(5-9-17)21-18(22)19(23)11-1-12-19/h2-9,23H,1,10-12H2,(H,21,22). The number of nitrogens with one attached hydrogen (secondary N) is 1. The zero-order valence-corrected chi connectivity index (χ0v) is 13.2. The topological polar surface area (TPSA) is 82.3 Å². The minimum absolute atomic E-state index is 0.351. The lowest BCUT2D eigenvalue weighted by Gasteiger charge is -2.34. The van der Waals surface area contributed by atoms with Gasteiger partial charge in [0.2, 0.25) is 0 Å². The molecule has 24 heavy (non-hydrogen) atoms. The molecule has 0 atom stereocenters. The Kier molecular flexibility index (Phi) is 4.50. The predicted octanol–water partition coefficient (Wildman–Crippen LogP) is 3.40. The molecule has 3 rings (SSSR count). The van der Waals surface area contributed by atoms with Gasteiger partial charge in [-0.25, -0.2) is 0 Å². The molecule has 0 spiro atoms. The van der Waals surface area contributed by atoms with Crippen LogP contribution < -0.4 is 10.1 Å². The van der Waals surface area contributed by atoms with Crippen molar-refractivity contribution in [3.8, 4) is 17.6 Å². The smallest absolute Gasteiger partial charge is 0.256 e. The van der Waals surface area contributed by atoms with Crippen LogP contribution in [0, 0.1) is 11.3 Å². The fourth-order valence-corrected chi connectivity index (χ4v) is 2.50. The van der Waals surface area contributed by atoms with E-state index in [1.165, 1.54) is 0 Å². The molecule has 0 radical (unpaired) electrons. The summed E-state index contributed by atoms with van der Waals surface area (Å²) < 4.78 is 5.73. The Balaban J connectivity index is 1.60. The lowest BCUT2D eigenvalue weighted by molar-refractivity contribution is -0.142. The first-order valence-electron chi connectivity index (χ1n) is 7.87. The summed E-state index contributed by atoms with van der Waals surface area (Å²) in [5, 5.41) is 21.4. The summed E-state index contributed by atoms with van der Waals surface area (Å²) in [6.45, 7) is 0. The van der Waals surface area contributed by atoms with E-state index < -0.39 is 5.60 Å². The van der Waals surface area contributed by atoms with E-state index in [1.54, 1.807) is 24.3 Å². The van der Waals surface area contributed by atoms with Crippen LogP contribution >= 0.6 is 0 Å². The average molecular weight is 322 g/mol. The molecule has 122 valence electrons. The maximum atomic E-state index is 12.0. The molecular weight excluding hydrogens is 304 g/mol. The maximum absolute atomic E-state index is 12.0. The second-order valence-corrected chi connectivity index (χ2v) is 5.94. The van der Waals surface area contributed by atoms with Crippen LogP contribution in [0.3, 0.4) is 0 Å². The minimum Gasteiger partial charge on any atom is -0.457 e. The van der Waals surface area contributed by atoms with E-state index in [-0.39, 0.29) is 5.91 Å². The zero-order valence-electron chi connectivity index (χ0n) is 13.2. The summed E-state index contributed by atoms with van der Waals surface area (Å²) in [6, 6.07) is 16.4. The normalized spacial score (nSPS) is 15.0. The third kappa shape index (κ3) is 3.55. The minimum atomic E-state index is -1.21. The third-order valence-electron chi connectivity index (χ3n) is 4.16. The van der Waals surface area contributed by atoms with Crippen LogP contribution in [0.5, 0.6) is 11.5 Å². The zero-order chi connectivity index (χ0) is 17.0. The highest BCUT2D eigenvalue weighted by Gasteiger charge is 2.41. The molecule has 1 amide bonds. The maximum Gasteiger partial charge on any atom is 0.256 e. The Morgan fingerprint density at radius 3 is 2.21 bits per heavy atom. The number of nitrogens with zero attached hydrogens (tertiary/aromatic N) is 1. The molecule has 5 heteroatoms. The Morgan fingerprint density at radius 1 is 1.12 bits per heavy atom. The van der Waals surface area contributed by atoms with E-state index in [9.17, 15) is 9.90 Å². The van der Waals surface area contributed by atoms with Gasteiger partial charge in [-0.3, -0.25) is 4.79 Å². The summed E-state index contributed by atoms with van der Waals surface area (Å²) in [7, 11) is 0. The average Bonchev–Trinajstić information content (AvgIpc) is 2.56. The van der Waals surface area contributed by atoms with Crippen molar-refractivity contribution in [3.05, 3.63) is 54.1 Å². The highest BCUT2D eigenvalue weighted by atomic mass is 16.5. The molecule has 2 aromatic carbocycles. The monoisotopic (exact) mass is 322 g/mol. The largest absolute Gasteiger partial charge is 0.457 e. The van der Waals surface area contributed by atoms with Gasteiger partial charge in [0.05, 0.1) is 12.5 Å². The van der Waals surface area contributed by atoms with Gasteiger partial charge in [0, 0.05) is 5.69 Å². The van der Waals surface area contributed by atoms with Crippen LogP contribution in [0.15, 0.2) is 48.5 Å². The molecule has 0 aromatic heterocycles. The number of anilines is 1. The summed E-state index contributed by atoms with van der Waals surface area (Å²) in [6.07, 6.45) is 2.29. The Hall–Kier alpha value is -2.84. The molecule has 2 N–H and O–H groups in total. The molecule has 5 nitrogen and oxygen atoms in total. The number of benzene rings is 2. The van der Waals surface area contributed by atoms with Crippen LogP contribution in [0.4, 0.5) is 5.69 Å². The number of hydrogen-bond acceptors (Lipinski definition) is 4. The highest BCUT2D eigenvalue weighted by Crippen LogP contribution is 2.33. The Morgan fingerprint density at radius 2 is 1.71 bits per heavy atom. The number of ether oxygens (including phenoxy) is 1. The molecule has 0 bridgehead atoms. The molecule has 0 heterocycles. The van der Waals surface area contributed by atoms with Crippen LogP contribution in [0.25, 0.3) is 0 Å². The van der Waals surface area contributed by atoms with Crippen molar-refractivity contribution in [1.29, 1.82) is 5.26 Å². The number of hydrogen-bond donors (Lipinski definition) is 2. The van der Waals surface area contributed by atoms with Crippen molar-refractivity contribution in [2.24, 2.45) is 0 Å². The lowest BCUT2D eigenvalue weighted by atomic mass is 9.79. The van der Waals surface area contributed by atoms with Crippen molar-refractivity contribution in [3.63, 3.8) is 0 Å². The second kappa shape index (κ2) is 6.73. The van der Waals surface area contributed by atoms with Crippen molar-refractivity contribution in [1.82, 2.24) is 0 Å². The van der Waals surface area contributed by atoms with Crippen LogP contribution in [0.2, 0.25) is 0 Å². The quantitative estimate of drug-likeness (QED) is 0.884. The Labute approximate surface area is 140 Å². The van der Waals surface area contributed by atoms with Crippen LogP contribution in [-0.4, -0.2) is 16.6 Å². The van der Waals surface area contributed by atoms with Crippen molar-refractivity contribution < 1.29 is 14.6 Å². The van der Waals surface area contributed by atoms with Gasteiger partial charge in [0.15, 0.2) is 0 Å². The SMILES string of the molecule is N#CCc1ccc(Oc2ccc(NC(=O)C3(O)CCC3)cc2)cc1. The Bertz CT molecular complexity index is 757. The molecule has 1 aliphatic carbocycles. The molecular formula is C19H18N2O3. The first-order chi connectivity index (χ1) is 11.6. The van der Waals surface area contributed by atoms with Crippen molar-refractivity contribution in [2.75, 3.05) is 5.32 Å². The summed E-state index contributed by atoms with van der Waals surface area (Å²) in [5.41, 5.74) is 0.356. The molecule has 2 aromatic rings. The number of carbonyl (C=O) groups is 1. The van der Waals surface area contributed by atoms with Crippen molar-refractivity contribution in [2.45, 2.75) is 31.3 Å². The third-order valence-corrected chi connectivity index (χ3v) is 4.16. The van der Waals surface area contributed by atoms with Gasteiger partial charge in [0.25, 0.3) is 5.91 Å². The summed E-state index contributed by atoms with van der Waals surface area (Å²) in [4.78, 5) is 12.0. The first kappa shape index (κ1) is 16.0. The van der Waals surface area contributed by atoms with E-state index in [0.29, 0.717) is 36.4 Å². The predicted molar refractivity (Wildman–Crippen MR) is 89.7 cm³/mol. The second-order valence-electron chi connectivity index (χ2n) is 5.94. The van der Waals surface area contributed by atoms with Gasteiger partial charge >= 0.3 is 0 Å². The fraction of sp³-hybridized carbons (Fsp3) is 0.263. The molecule has 0 saturated heterocycles. The van der Waals surface area contributed by atoms with E-state index in [1.807, 2.05) is 24.3 Å². The van der Waals surface area contributed by atoms with Gasteiger partial charge in [-0.15, -0.1) is 0 Å². The molecule has 1 fully saturated rings. The molecule has 1 saturated carbocycles. The van der Waals surface area contributed by atoms with E-state index in [0.717, 1.165) is 12.0 Å². The number of carbonyl (C=O) groups excluding carboxylic acids is 1. The lowest BCUT2D eigenvalue weighted by Crippen LogP contribution is -2.48. The number of nitriles is 1. The van der Waals surface area contributed by atoms with Gasteiger partial charge < -0.3 is 15.2 Å². The van der Waals surface area contributed by atoms with Gasteiger partial charge in [-0.05, 0) is 61.2 Å². The number of rotatable bonds is 5. The van der Waals surface area contributed by atoms with E-state index in [4.69, 9.17) is 10.00 Å². The molecule has 0 aliphatic heterocycles. The van der Waals surface area contributed by atoms with Crippen LogP contribution in [0.1, 0.15) is 24.8 Å². The molecule has 0 unspecified atom stereocenters.